The van der Waals surface area contributed by atoms with Gasteiger partial charge in [0.05, 0.1) is 0 Å². The van der Waals surface area contributed by atoms with Crippen LogP contribution in [-0.4, -0.2) is 37.2 Å². The molecule has 0 spiro atoms. The third-order valence-electron chi connectivity index (χ3n) is 3.18. The average Bonchev–Trinajstić information content (AvgIpc) is 2.52. The first kappa shape index (κ1) is 27.0. The second-order valence-corrected chi connectivity index (χ2v) is 6.54. The van der Waals surface area contributed by atoms with Crippen LogP contribution in [0.4, 0.5) is 35.1 Å². The van der Waals surface area contributed by atoms with E-state index in [2.05, 4.69) is 0 Å². The van der Waals surface area contributed by atoms with Crippen LogP contribution in [0.3, 0.4) is 0 Å². The number of fused-ring (bicyclic) bond motifs is 1. The van der Waals surface area contributed by atoms with E-state index in [4.69, 9.17) is 4.55 Å². The molecule has 0 saturated heterocycles. The molecule has 0 aliphatic heterocycles. The molecule has 0 saturated carbocycles. The number of benzene rings is 2. The summed E-state index contributed by atoms with van der Waals surface area (Å²) in [6, 6.07) is 11.8. The number of alkyl halides is 8. The Balaban J connectivity index is 0.000000505. The van der Waals surface area contributed by atoms with E-state index < -0.39 is 34.3 Å². The first-order chi connectivity index (χ1) is 12.0. The molecule has 1 N–H and O–H groups in total. The van der Waals surface area contributed by atoms with Gasteiger partial charge in [-0.1, -0.05) is 36.4 Å². The first-order valence-electron chi connectivity index (χ1n) is 6.75. The van der Waals surface area contributed by atoms with Gasteiger partial charge in [0, 0.05) is 5.39 Å². The summed E-state index contributed by atoms with van der Waals surface area (Å²) in [5.41, 5.74) is 0. The van der Waals surface area contributed by atoms with Crippen molar-refractivity contribution in [1.29, 1.82) is 0 Å². The maximum absolute atomic E-state index is 11.9. The van der Waals surface area contributed by atoms with Crippen LogP contribution >= 0.6 is 0 Å². The van der Waals surface area contributed by atoms with Crippen molar-refractivity contribution in [3.63, 3.8) is 0 Å². The van der Waals surface area contributed by atoms with E-state index in [9.17, 15) is 43.5 Å². The Morgan fingerprint density at radius 3 is 1.75 bits per heavy atom. The number of rotatable bonds is 4. The molecule has 0 aliphatic rings. The Morgan fingerprint density at radius 1 is 0.893 bits per heavy atom. The molecule has 2 aromatic rings. The molecule has 0 radical (unpaired) electrons. The number of hydrogen-bond acceptors (Lipinski definition) is 2. The Labute approximate surface area is 176 Å². The van der Waals surface area contributed by atoms with E-state index in [0.717, 1.165) is 5.39 Å². The zero-order chi connectivity index (χ0) is 21.3. The SMILES string of the molecule is O=S(=O)(O)c1cccc2ccccc12.[CH2-]C(F)(F)C(F)(F)C(F)(F)C(F)F.[Na+]. The predicted molar refractivity (Wildman–Crippen MR) is 80.0 cm³/mol. The van der Waals surface area contributed by atoms with Crippen molar-refractivity contribution in [1.82, 2.24) is 0 Å². The number of hydrogen-bond donors (Lipinski definition) is 1. The van der Waals surface area contributed by atoms with E-state index in [1.165, 1.54) is 13.0 Å². The van der Waals surface area contributed by atoms with Gasteiger partial charge in [-0.25, -0.2) is 17.6 Å². The molecule has 0 unspecified atom stereocenters. The molecular formula is C15H11F8NaO3S. The third kappa shape index (κ3) is 5.78. The van der Waals surface area contributed by atoms with Gasteiger partial charge in [0.15, 0.2) is 5.92 Å². The van der Waals surface area contributed by atoms with Gasteiger partial charge in [0.25, 0.3) is 10.1 Å². The fraction of sp³-hybridized carbons (Fsp3) is 0.267. The van der Waals surface area contributed by atoms with Gasteiger partial charge >= 0.3 is 47.8 Å². The summed E-state index contributed by atoms with van der Waals surface area (Å²) in [5.74, 6) is -17.7. The van der Waals surface area contributed by atoms with E-state index in [1.807, 2.05) is 6.07 Å². The second-order valence-electron chi connectivity index (χ2n) is 5.15. The van der Waals surface area contributed by atoms with E-state index in [0.29, 0.717) is 5.39 Å². The normalized spacial score (nSPS) is 13.0. The summed E-state index contributed by atoms with van der Waals surface area (Å²) in [6.45, 7) is 1.39. The van der Waals surface area contributed by atoms with Crippen LogP contribution in [-0.2, 0) is 10.1 Å². The molecule has 0 aliphatic carbocycles. The minimum atomic E-state index is -6.17. The molecule has 152 valence electrons. The van der Waals surface area contributed by atoms with Crippen molar-refractivity contribution in [2.75, 3.05) is 0 Å². The molecule has 3 nitrogen and oxygen atoms in total. The third-order valence-corrected chi connectivity index (χ3v) is 4.09. The standard InChI is InChI=1S/C10H8O3S.C5H3F8.Na/c11-14(12,13)10-7-3-5-8-4-1-2-6-9(8)10;1-3(8,9)5(12,13)4(10,11)2(6)7;/h1-7H,(H,11,12,13);2H,1H2;/q;-1;+1. The first-order valence-corrected chi connectivity index (χ1v) is 8.19. The quantitative estimate of drug-likeness (QED) is 0.339. The second kappa shape index (κ2) is 9.24. The Morgan fingerprint density at radius 2 is 1.36 bits per heavy atom. The average molecular weight is 446 g/mol. The molecule has 0 atom stereocenters. The summed E-state index contributed by atoms with van der Waals surface area (Å²) < 4.78 is 124. The fourth-order valence-corrected chi connectivity index (χ4v) is 2.52. The van der Waals surface area contributed by atoms with Crippen LogP contribution in [0.2, 0.25) is 0 Å². The van der Waals surface area contributed by atoms with Crippen LogP contribution in [0.1, 0.15) is 0 Å². The molecule has 2 rings (SSSR count). The van der Waals surface area contributed by atoms with Gasteiger partial charge in [0.1, 0.15) is 4.90 Å². The molecule has 0 amide bonds. The van der Waals surface area contributed by atoms with Crippen LogP contribution in [0, 0.1) is 6.92 Å². The van der Waals surface area contributed by atoms with Crippen molar-refractivity contribution >= 4 is 20.9 Å². The molecule has 0 bridgehead atoms. The Kier molecular flexibility index (Phi) is 8.93. The zero-order valence-electron chi connectivity index (χ0n) is 14.0. The Hall–Kier alpha value is -0.950. The maximum Gasteiger partial charge on any atom is 1.00 e. The zero-order valence-corrected chi connectivity index (χ0v) is 16.8. The van der Waals surface area contributed by atoms with Gasteiger partial charge in [-0.3, -0.25) is 11.5 Å². The largest absolute Gasteiger partial charge is 1.00 e. The van der Waals surface area contributed by atoms with Crippen molar-refractivity contribution < 1.29 is 77.7 Å². The van der Waals surface area contributed by atoms with Crippen molar-refractivity contribution in [3.05, 3.63) is 49.4 Å². The van der Waals surface area contributed by atoms with E-state index in [-0.39, 0.29) is 34.5 Å². The van der Waals surface area contributed by atoms with E-state index >= 15 is 0 Å². The smallest absolute Gasteiger partial charge is 0.282 e. The topological polar surface area (TPSA) is 54.4 Å². The fourth-order valence-electron chi connectivity index (χ4n) is 1.80. The van der Waals surface area contributed by atoms with Gasteiger partial charge in [-0.15, -0.1) is 0 Å². The minimum absolute atomic E-state index is 0. The molecular weight excluding hydrogens is 435 g/mol. The summed E-state index contributed by atoms with van der Waals surface area (Å²) in [7, 11) is -4.13. The van der Waals surface area contributed by atoms with Gasteiger partial charge in [-0.2, -0.15) is 26.0 Å². The predicted octanol–water partition coefficient (Wildman–Crippen LogP) is 2.08. The summed E-state index contributed by atoms with van der Waals surface area (Å²) in [5, 5.41) is 1.33. The van der Waals surface area contributed by atoms with Crippen molar-refractivity contribution in [2.45, 2.75) is 29.1 Å². The molecule has 2 aromatic carbocycles. The molecule has 0 aromatic heterocycles. The van der Waals surface area contributed by atoms with Crippen LogP contribution in [0.25, 0.3) is 10.8 Å². The molecule has 28 heavy (non-hydrogen) atoms. The molecule has 0 heterocycles. The summed E-state index contributed by atoms with van der Waals surface area (Å²) in [4.78, 5) is -0.0457. The van der Waals surface area contributed by atoms with Crippen LogP contribution in [0.5, 0.6) is 0 Å². The minimum Gasteiger partial charge on any atom is -0.282 e. The van der Waals surface area contributed by atoms with Gasteiger partial charge in [-0.05, 0) is 11.5 Å². The summed E-state index contributed by atoms with van der Waals surface area (Å²) >= 11 is 0. The van der Waals surface area contributed by atoms with Crippen molar-refractivity contribution in [3.8, 4) is 0 Å². The Bertz CT molecular complexity index is 892. The number of halogens is 8. The molecule has 0 fully saturated rings. The molecule has 13 heteroatoms. The maximum atomic E-state index is 11.9. The van der Waals surface area contributed by atoms with Crippen molar-refractivity contribution in [2.24, 2.45) is 0 Å². The monoisotopic (exact) mass is 446 g/mol. The summed E-state index contributed by atoms with van der Waals surface area (Å²) in [6.07, 6.45) is -4.88. The van der Waals surface area contributed by atoms with Gasteiger partial charge < -0.3 is 0 Å². The van der Waals surface area contributed by atoms with E-state index in [1.54, 1.807) is 30.3 Å². The van der Waals surface area contributed by atoms with Gasteiger partial charge in [0.2, 0.25) is 0 Å². The van der Waals surface area contributed by atoms with Crippen LogP contribution in [0.15, 0.2) is 47.4 Å². The van der Waals surface area contributed by atoms with Crippen LogP contribution < -0.4 is 29.6 Å².